The fraction of sp³-hybridized carbons (Fsp3) is 0.188. The molecule has 0 aliphatic carbocycles. The molecule has 126 valence electrons. The van der Waals surface area contributed by atoms with Crippen LogP contribution in [0.25, 0.3) is 5.69 Å². The first kappa shape index (κ1) is 17.7. The van der Waals surface area contributed by atoms with Crippen molar-refractivity contribution in [2.45, 2.75) is 6.54 Å². The third kappa shape index (κ3) is 3.81. The van der Waals surface area contributed by atoms with Crippen molar-refractivity contribution in [3.63, 3.8) is 0 Å². The van der Waals surface area contributed by atoms with Gasteiger partial charge in [0.25, 0.3) is 0 Å². The first-order chi connectivity index (χ1) is 11.3. The van der Waals surface area contributed by atoms with Crippen LogP contribution in [0.4, 0.5) is 0 Å². The van der Waals surface area contributed by atoms with Gasteiger partial charge in [-0.05, 0) is 47.3 Å². The van der Waals surface area contributed by atoms with Crippen LogP contribution >= 0.6 is 0 Å². The lowest BCUT2D eigenvalue weighted by molar-refractivity contribution is -0.00000567. The van der Waals surface area contributed by atoms with Gasteiger partial charge in [-0.15, -0.1) is 0 Å². The molecule has 0 aliphatic heterocycles. The lowest BCUT2D eigenvalue weighted by atomic mass is 10.2. The third-order valence-electron chi connectivity index (χ3n) is 3.25. The Bertz CT molecular complexity index is 779. The summed E-state index contributed by atoms with van der Waals surface area (Å²) >= 11 is 0. The second-order valence-electron chi connectivity index (χ2n) is 4.83. The van der Waals surface area contributed by atoms with E-state index < -0.39 is 0 Å². The van der Waals surface area contributed by atoms with Crippen LogP contribution in [0.1, 0.15) is 5.56 Å². The minimum absolute atomic E-state index is 0. The van der Waals surface area contributed by atoms with Crippen molar-refractivity contribution in [1.29, 1.82) is 0 Å². The van der Waals surface area contributed by atoms with E-state index in [1.54, 1.807) is 7.11 Å². The van der Waals surface area contributed by atoms with Crippen molar-refractivity contribution >= 4 is 0 Å². The topological polar surface area (TPSA) is 74.1 Å². The number of aromatic nitrogens is 4. The fourth-order valence-electron chi connectivity index (χ4n) is 2.18. The number of nitrogens with zero attached hydrogens (tertiary/aromatic N) is 4. The normalized spacial score (nSPS) is 10.1. The standard InChI is InChI=1S/C16H17N5O2.ClH/c1-17-11-12-8-9-14(15(10-12)22-2)23-16-18-19-20-21(16)13-6-4-3-5-7-13;/h3-10,17H,11H2,1-2H3;1H/p-1. The summed E-state index contributed by atoms with van der Waals surface area (Å²) in [6.45, 7) is 0.748. The number of benzene rings is 2. The van der Waals surface area contributed by atoms with Gasteiger partial charge in [0.05, 0.1) is 12.8 Å². The highest BCUT2D eigenvalue weighted by atomic mass is 35.5. The zero-order valence-corrected chi connectivity index (χ0v) is 14.1. The second kappa shape index (κ2) is 8.28. The van der Waals surface area contributed by atoms with Gasteiger partial charge in [0.1, 0.15) is 0 Å². The van der Waals surface area contributed by atoms with Crippen molar-refractivity contribution in [2.24, 2.45) is 0 Å². The van der Waals surface area contributed by atoms with Crippen LogP contribution in [0.2, 0.25) is 0 Å². The van der Waals surface area contributed by atoms with E-state index in [0.29, 0.717) is 11.5 Å². The molecular formula is C16H17ClN5O2-. The van der Waals surface area contributed by atoms with Crippen LogP contribution in [0.3, 0.4) is 0 Å². The summed E-state index contributed by atoms with van der Waals surface area (Å²) in [4.78, 5) is 0. The summed E-state index contributed by atoms with van der Waals surface area (Å²) in [6.07, 6.45) is 0. The Kier molecular flexibility index (Phi) is 6.11. The molecule has 3 rings (SSSR count). The molecule has 0 aliphatic rings. The summed E-state index contributed by atoms with van der Waals surface area (Å²) in [5.41, 5.74) is 1.91. The number of hydrogen-bond donors (Lipinski definition) is 1. The lowest BCUT2D eigenvalue weighted by Gasteiger charge is -2.11. The predicted molar refractivity (Wildman–Crippen MR) is 85.0 cm³/mol. The van der Waals surface area contributed by atoms with E-state index in [1.807, 2.05) is 55.6 Å². The summed E-state index contributed by atoms with van der Waals surface area (Å²) in [5, 5.41) is 14.7. The lowest BCUT2D eigenvalue weighted by Crippen LogP contribution is -3.00. The van der Waals surface area contributed by atoms with Crippen LogP contribution in [-0.4, -0.2) is 34.4 Å². The minimum Gasteiger partial charge on any atom is -1.00 e. The van der Waals surface area contributed by atoms with E-state index in [4.69, 9.17) is 9.47 Å². The van der Waals surface area contributed by atoms with Crippen molar-refractivity contribution in [3.8, 4) is 23.2 Å². The van der Waals surface area contributed by atoms with E-state index in [9.17, 15) is 0 Å². The Morgan fingerprint density at radius 3 is 2.58 bits per heavy atom. The smallest absolute Gasteiger partial charge is 0.346 e. The maximum absolute atomic E-state index is 5.84. The van der Waals surface area contributed by atoms with Gasteiger partial charge in [0, 0.05) is 6.54 Å². The zero-order chi connectivity index (χ0) is 16.1. The Morgan fingerprint density at radius 2 is 1.88 bits per heavy atom. The molecule has 8 heteroatoms. The molecule has 0 saturated carbocycles. The number of halogens is 1. The van der Waals surface area contributed by atoms with Crippen molar-refractivity contribution in [2.75, 3.05) is 14.2 Å². The summed E-state index contributed by atoms with van der Waals surface area (Å²) in [5.74, 6) is 1.18. The first-order valence-electron chi connectivity index (χ1n) is 7.15. The molecule has 0 spiro atoms. The highest BCUT2D eigenvalue weighted by Gasteiger charge is 2.13. The van der Waals surface area contributed by atoms with E-state index in [0.717, 1.165) is 17.8 Å². The molecular weight excluding hydrogens is 330 g/mol. The Labute approximate surface area is 146 Å². The molecule has 0 radical (unpaired) electrons. The van der Waals surface area contributed by atoms with E-state index in [1.165, 1.54) is 4.68 Å². The van der Waals surface area contributed by atoms with Gasteiger partial charge in [0.15, 0.2) is 11.5 Å². The van der Waals surface area contributed by atoms with Crippen LogP contribution in [0.15, 0.2) is 48.5 Å². The molecule has 1 aromatic heterocycles. The monoisotopic (exact) mass is 346 g/mol. The van der Waals surface area contributed by atoms with Crippen LogP contribution in [-0.2, 0) is 6.54 Å². The molecule has 0 fully saturated rings. The maximum Gasteiger partial charge on any atom is 0.346 e. The van der Waals surface area contributed by atoms with E-state index in [2.05, 4.69) is 20.8 Å². The molecule has 0 bridgehead atoms. The number of rotatable bonds is 6. The molecule has 1 N–H and O–H groups in total. The molecule has 2 aromatic carbocycles. The summed E-state index contributed by atoms with van der Waals surface area (Å²) < 4.78 is 12.8. The Morgan fingerprint density at radius 1 is 1.08 bits per heavy atom. The van der Waals surface area contributed by atoms with Gasteiger partial charge >= 0.3 is 6.01 Å². The van der Waals surface area contributed by atoms with Gasteiger partial charge in [-0.25, -0.2) is 0 Å². The molecule has 1 heterocycles. The molecule has 24 heavy (non-hydrogen) atoms. The maximum atomic E-state index is 5.84. The van der Waals surface area contributed by atoms with Crippen LogP contribution in [0, 0.1) is 0 Å². The second-order valence-corrected chi connectivity index (χ2v) is 4.83. The number of tetrazole rings is 1. The molecule has 0 amide bonds. The highest BCUT2D eigenvalue weighted by Crippen LogP contribution is 2.31. The first-order valence-corrected chi connectivity index (χ1v) is 7.15. The van der Waals surface area contributed by atoms with E-state index >= 15 is 0 Å². The number of para-hydroxylation sites is 1. The van der Waals surface area contributed by atoms with Gasteiger partial charge < -0.3 is 27.2 Å². The molecule has 3 aromatic rings. The van der Waals surface area contributed by atoms with Crippen LogP contribution < -0.4 is 27.2 Å². The van der Waals surface area contributed by atoms with E-state index in [-0.39, 0.29) is 18.4 Å². The van der Waals surface area contributed by atoms with Gasteiger partial charge in [-0.2, -0.15) is 4.68 Å². The van der Waals surface area contributed by atoms with Crippen LogP contribution in [0.5, 0.6) is 17.5 Å². The van der Waals surface area contributed by atoms with Gasteiger partial charge in [0.2, 0.25) is 0 Å². The van der Waals surface area contributed by atoms with Gasteiger partial charge in [-0.1, -0.05) is 29.4 Å². The average Bonchev–Trinajstić information content (AvgIpc) is 3.05. The SMILES string of the molecule is CNCc1ccc(Oc2nnnn2-c2ccccc2)c(OC)c1.[Cl-]. The fourth-order valence-corrected chi connectivity index (χ4v) is 2.18. The minimum atomic E-state index is 0. The number of hydrogen-bond acceptors (Lipinski definition) is 6. The third-order valence-corrected chi connectivity index (χ3v) is 3.25. The summed E-state index contributed by atoms with van der Waals surface area (Å²) in [7, 11) is 3.50. The van der Waals surface area contributed by atoms with Crippen molar-refractivity contribution in [3.05, 3.63) is 54.1 Å². The molecule has 0 atom stereocenters. The van der Waals surface area contributed by atoms with Gasteiger partial charge in [-0.3, -0.25) is 0 Å². The van der Waals surface area contributed by atoms with Crippen molar-refractivity contribution in [1.82, 2.24) is 25.5 Å². The Hall–Kier alpha value is -2.64. The van der Waals surface area contributed by atoms with Crippen molar-refractivity contribution < 1.29 is 21.9 Å². The summed E-state index contributed by atoms with van der Waals surface area (Å²) in [6, 6.07) is 15.5. The highest BCUT2D eigenvalue weighted by molar-refractivity contribution is 5.44. The number of methoxy groups -OCH3 is 1. The largest absolute Gasteiger partial charge is 1.00 e. The predicted octanol–water partition coefficient (Wildman–Crippen LogP) is -0.813. The molecule has 0 saturated heterocycles. The molecule has 7 nitrogen and oxygen atoms in total. The number of ether oxygens (including phenoxy) is 2. The molecule has 0 unspecified atom stereocenters. The zero-order valence-electron chi connectivity index (χ0n) is 13.3. The number of nitrogens with one attached hydrogen (secondary N) is 1. The Balaban J connectivity index is 0.00000208. The average molecular weight is 347 g/mol. The quantitative estimate of drug-likeness (QED) is 0.629.